The van der Waals surface area contributed by atoms with Gasteiger partial charge in [0, 0.05) is 17.7 Å². The molecule has 4 heteroatoms. The van der Waals surface area contributed by atoms with Crippen molar-refractivity contribution < 1.29 is 14.6 Å². The summed E-state index contributed by atoms with van der Waals surface area (Å²) in [5, 5.41) is 9.95. The van der Waals surface area contributed by atoms with Crippen LogP contribution in [0.2, 0.25) is 0 Å². The second kappa shape index (κ2) is 6.07. The number of benzene rings is 1. The molecule has 0 aromatic heterocycles. The molecule has 0 aliphatic heterocycles. The first kappa shape index (κ1) is 14.8. The van der Waals surface area contributed by atoms with Crippen molar-refractivity contribution in [2.45, 2.75) is 38.8 Å². The number of methoxy groups -OCH3 is 1. The van der Waals surface area contributed by atoms with Gasteiger partial charge < -0.3 is 20.3 Å². The topological polar surface area (TPSA) is 64.7 Å². The van der Waals surface area contributed by atoms with Gasteiger partial charge in [0.25, 0.3) is 0 Å². The molecular weight excluding hydrogens is 230 g/mol. The van der Waals surface area contributed by atoms with E-state index >= 15 is 0 Å². The Morgan fingerprint density at radius 3 is 2.61 bits per heavy atom. The highest BCUT2D eigenvalue weighted by Gasteiger charge is 2.20. The first-order valence-corrected chi connectivity index (χ1v) is 6.18. The summed E-state index contributed by atoms with van der Waals surface area (Å²) < 4.78 is 10.9. The van der Waals surface area contributed by atoms with Crippen LogP contribution in [0.4, 0.5) is 0 Å². The molecule has 0 spiro atoms. The fourth-order valence-corrected chi connectivity index (χ4v) is 1.48. The lowest BCUT2D eigenvalue weighted by Crippen LogP contribution is -2.31. The molecule has 102 valence electrons. The highest BCUT2D eigenvalue weighted by atomic mass is 16.5. The van der Waals surface area contributed by atoms with Gasteiger partial charge in [0.05, 0.1) is 12.7 Å². The maximum absolute atomic E-state index is 9.95. The fourth-order valence-electron chi connectivity index (χ4n) is 1.48. The van der Waals surface area contributed by atoms with Crippen LogP contribution in [0.3, 0.4) is 0 Å². The van der Waals surface area contributed by atoms with E-state index < -0.39 is 5.60 Å². The zero-order valence-corrected chi connectivity index (χ0v) is 11.6. The van der Waals surface area contributed by atoms with Crippen LogP contribution in [0.5, 0.6) is 11.5 Å². The lowest BCUT2D eigenvalue weighted by molar-refractivity contribution is 0.00803. The van der Waals surface area contributed by atoms with Crippen molar-refractivity contribution in [3.8, 4) is 11.5 Å². The van der Waals surface area contributed by atoms with Crippen LogP contribution >= 0.6 is 0 Å². The molecular formula is C14H23NO3. The minimum absolute atomic E-state index is 0.127. The van der Waals surface area contributed by atoms with Crippen LogP contribution in [0, 0.1) is 0 Å². The van der Waals surface area contributed by atoms with E-state index in [1.54, 1.807) is 20.1 Å². The van der Waals surface area contributed by atoms with Gasteiger partial charge in [-0.05, 0) is 26.3 Å². The van der Waals surface area contributed by atoms with Gasteiger partial charge in [0.1, 0.15) is 18.1 Å². The Morgan fingerprint density at radius 1 is 1.44 bits per heavy atom. The van der Waals surface area contributed by atoms with Gasteiger partial charge in [-0.3, -0.25) is 0 Å². The van der Waals surface area contributed by atoms with Crippen molar-refractivity contribution in [2.75, 3.05) is 13.7 Å². The molecule has 1 unspecified atom stereocenters. The third-order valence-corrected chi connectivity index (χ3v) is 3.01. The van der Waals surface area contributed by atoms with Crippen molar-refractivity contribution in [2.24, 2.45) is 5.73 Å². The Bertz CT molecular complexity index is 389. The van der Waals surface area contributed by atoms with Crippen LogP contribution in [0.15, 0.2) is 18.2 Å². The van der Waals surface area contributed by atoms with Gasteiger partial charge in [-0.15, -0.1) is 0 Å². The Kier molecular flexibility index (Phi) is 4.99. The molecule has 0 aliphatic carbocycles. The van der Waals surface area contributed by atoms with Crippen molar-refractivity contribution in [1.82, 2.24) is 0 Å². The summed E-state index contributed by atoms with van der Waals surface area (Å²) in [4.78, 5) is 0. The number of ether oxygens (including phenoxy) is 2. The Balaban J connectivity index is 2.91. The monoisotopic (exact) mass is 253 g/mol. The quantitative estimate of drug-likeness (QED) is 0.816. The Morgan fingerprint density at radius 2 is 2.11 bits per heavy atom. The van der Waals surface area contributed by atoms with Crippen LogP contribution in [-0.4, -0.2) is 24.4 Å². The smallest absolute Gasteiger partial charge is 0.127 e. The van der Waals surface area contributed by atoms with Gasteiger partial charge in [-0.2, -0.15) is 0 Å². The summed E-state index contributed by atoms with van der Waals surface area (Å²) in [7, 11) is 1.60. The van der Waals surface area contributed by atoms with Crippen molar-refractivity contribution in [3.63, 3.8) is 0 Å². The maximum atomic E-state index is 9.95. The van der Waals surface area contributed by atoms with Crippen molar-refractivity contribution in [3.05, 3.63) is 23.8 Å². The van der Waals surface area contributed by atoms with E-state index in [0.717, 1.165) is 5.56 Å². The van der Waals surface area contributed by atoms with Crippen LogP contribution in [0.25, 0.3) is 0 Å². The molecule has 0 amide bonds. The van der Waals surface area contributed by atoms with Crippen molar-refractivity contribution >= 4 is 0 Å². The third-order valence-electron chi connectivity index (χ3n) is 3.01. The van der Waals surface area contributed by atoms with E-state index in [0.29, 0.717) is 17.9 Å². The maximum Gasteiger partial charge on any atom is 0.127 e. The Labute approximate surface area is 109 Å². The number of aliphatic hydroxyl groups is 1. The summed E-state index contributed by atoms with van der Waals surface area (Å²) >= 11 is 0. The standard InChI is InChI=1S/C14H23NO3/c1-5-14(3,16)9-18-13-8-11(17-4)6-7-12(13)10(2)15/h6-8,10,16H,5,9,15H2,1-4H3/t10-,14?/m0/s1. The van der Waals surface area contributed by atoms with Crippen LogP contribution in [0.1, 0.15) is 38.8 Å². The number of hydrogen-bond donors (Lipinski definition) is 2. The summed E-state index contributed by atoms with van der Waals surface area (Å²) in [5.74, 6) is 1.38. The highest BCUT2D eigenvalue weighted by Crippen LogP contribution is 2.29. The molecule has 0 saturated carbocycles. The molecule has 3 N–H and O–H groups in total. The average molecular weight is 253 g/mol. The summed E-state index contributed by atoms with van der Waals surface area (Å²) in [6.45, 7) is 5.79. The summed E-state index contributed by atoms with van der Waals surface area (Å²) in [5.41, 5.74) is 5.96. The van der Waals surface area contributed by atoms with E-state index in [1.165, 1.54) is 0 Å². The fraction of sp³-hybridized carbons (Fsp3) is 0.571. The molecule has 0 radical (unpaired) electrons. The molecule has 1 rings (SSSR count). The number of nitrogens with two attached hydrogens (primary N) is 1. The summed E-state index contributed by atoms with van der Waals surface area (Å²) in [6.07, 6.45) is 0.629. The van der Waals surface area contributed by atoms with E-state index in [-0.39, 0.29) is 12.6 Å². The minimum atomic E-state index is -0.835. The predicted molar refractivity (Wildman–Crippen MR) is 72.0 cm³/mol. The molecule has 2 atom stereocenters. The Hall–Kier alpha value is -1.26. The van der Waals surface area contributed by atoms with E-state index in [2.05, 4.69) is 0 Å². The van der Waals surface area contributed by atoms with Gasteiger partial charge in [0.15, 0.2) is 0 Å². The zero-order chi connectivity index (χ0) is 13.8. The van der Waals surface area contributed by atoms with Gasteiger partial charge in [0.2, 0.25) is 0 Å². The molecule has 4 nitrogen and oxygen atoms in total. The van der Waals surface area contributed by atoms with Gasteiger partial charge in [-0.1, -0.05) is 13.0 Å². The SMILES string of the molecule is CCC(C)(O)COc1cc(OC)ccc1[C@H](C)N. The average Bonchev–Trinajstić information content (AvgIpc) is 2.36. The molecule has 1 aromatic rings. The number of hydrogen-bond acceptors (Lipinski definition) is 4. The minimum Gasteiger partial charge on any atom is -0.497 e. The molecule has 1 aromatic carbocycles. The van der Waals surface area contributed by atoms with E-state index in [4.69, 9.17) is 15.2 Å². The van der Waals surface area contributed by atoms with E-state index in [9.17, 15) is 5.11 Å². The molecule has 0 fully saturated rings. The molecule has 0 heterocycles. The predicted octanol–water partition coefficient (Wildman–Crippen LogP) is 2.25. The summed E-state index contributed by atoms with van der Waals surface area (Å²) in [6, 6.07) is 5.41. The largest absolute Gasteiger partial charge is 0.497 e. The molecule has 18 heavy (non-hydrogen) atoms. The van der Waals surface area contributed by atoms with E-state index in [1.807, 2.05) is 26.0 Å². The second-order valence-electron chi connectivity index (χ2n) is 4.83. The van der Waals surface area contributed by atoms with Crippen molar-refractivity contribution in [1.29, 1.82) is 0 Å². The number of rotatable bonds is 6. The highest BCUT2D eigenvalue weighted by molar-refractivity contribution is 5.42. The lowest BCUT2D eigenvalue weighted by atomic mass is 10.0. The lowest BCUT2D eigenvalue weighted by Gasteiger charge is -2.23. The normalized spacial score (nSPS) is 15.9. The van der Waals surface area contributed by atoms with Crippen LogP contribution in [-0.2, 0) is 0 Å². The van der Waals surface area contributed by atoms with Gasteiger partial charge >= 0.3 is 0 Å². The molecule has 0 bridgehead atoms. The second-order valence-corrected chi connectivity index (χ2v) is 4.83. The third kappa shape index (κ3) is 3.89. The zero-order valence-electron chi connectivity index (χ0n) is 11.6. The first-order chi connectivity index (χ1) is 8.39. The van der Waals surface area contributed by atoms with Crippen LogP contribution < -0.4 is 15.2 Å². The van der Waals surface area contributed by atoms with Gasteiger partial charge in [-0.25, -0.2) is 0 Å². The first-order valence-electron chi connectivity index (χ1n) is 6.18. The molecule has 0 aliphatic rings. The molecule has 0 saturated heterocycles.